The molecule has 0 unspecified atom stereocenters. The van der Waals surface area contributed by atoms with Crippen LogP contribution in [0.15, 0.2) is 40.9 Å². The number of aromatic nitrogens is 2. The third-order valence-electron chi connectivity index (χ3n) is 3.23. The lowest BCUT2D eigenvalue weighted by Gasteiger charge is -2.10. The number of carbonyl (C=O) groups is 1. The first kappa shape index (κ1) is 13.8. The number of carboxylic acids is 1. The molecule has 1 heterocycles. The molecule has 3 aromatic rings. The average Bonchev–Trinajstić information content (AvgIpc) is 2.74. The van der Waals surface area contributed by atoms with E-state index < -0.39 is 5.97 Å². The fraction of sp³-hybridized carbons (Fsp3) is 0.0667. The summed E-state index contributed by atoms with van der Waals surface area (Å²) in [7, 11) is 0. The number of aromatic carboxylic acids is 1. The van der Waals surface area contributed by atoms with Gasteiger partial charge in [0.1, 0.15) is 11.6 Å². The first-order valence-electron chi connectivity index (χ1n) is 6.16. The Bertz CT molecular complexity index is 853. The van der Waals surface area contributed by atoms with E-state index in [1.165, 1.54) is 18.2 Å². The molecule has 3 rings (SSSR count). The van der Waals surface area contributed by atoms with Crippen LogP contribution in [0, 0.1) is 12.7 Å². The van der Waals surface area contributed by atoms with Crippen molar-refractivity contribution in [2.75, 3.05) is 0 Å². The number of aryl methyl sites for hydroxylation is 1. The number of imidazole rings is 1. The summed E-state index contributed by atoms with van der Waals surface area (Å²) in [4.78, 5) is 15.3. The quantitative estimate of drug-likeness (QED) is 0.763. The molecule has 4 nitrogen and oxygen atoms in total. The molecule has 21 heavy (non-hydrogen) atoms. The Kier molecular flexibility index (Phi) is 3.25. The lowest BCUT2D eigenvalue weighted by molar-refractivity contribution is 0.0697. The maximum absolute atomic E-state index is 14.2. The van der Waals surface area contributed by atoms with Crippen molar-refractivity contribution in [1.82, 2.24) is 9.55 Å². The third-order valence-corrected chi connectivity index (χ3v) is 3.87. The lowest BCUT2D eigenvalue weighted by atomic mass is 10.2. The van der Waals surface area contributed by atoms with Gasteiger partial charge in [0.2, 0.25) is 0 Å². The number of carboxylic acid groups (broad SMARTS) is 1. The standard InChI is InChI=1S/C15H10BrFN2O2/c1-8-18-12-7-9(15(20)21)5-6-13(12)19(8)14-10(16)3-2-4-11(14)17/h2-7H,1H3,(H,20,21). The zero-order chi connectivity index (χ0) is 15.1. The summed E-state index contributed by atoms with van der Waals surface area (Å²) in [5, 5.41) is 9.02. The molecular formula is C15H10BrFN2O2. The van der Waals surface area contributed by atoms with Crippen molar-refractivity contribution in [3.63, 3.8) is 0 Å². The molecule has 0 bridgehead atoms. The Hall–Kier alpha value is -2.21. The Balaban J connectivity index is 2.33. The number of para-hydroxylation sites is 1. The summed E-state index contributed by atoms with van der Waals surface area (Å²) in [5.41, 5.74) is 1.69. The van der Waals surface area contributed by atoms with Gasteiger partial charge in [0.25, 0.3) is 0 Å². The van der Waals surface area contributed by atoms with Crippen LogP contribution in [0.1, 0.15) is 16.2 Å². The Morgan fingerprint density at radius 1 is 1.33 bits per heavy atom. The minimum atomic E-state index is -1.02. The molecule has 0 radical (unpaired) electrons. The highest BCUT2D eigenvalue weighted by molar-refractivity contribution is 9.10. The van der Waals surface area contributed by atoms with Crippen LogP contribution in [0.5, 0.6) is 0 Å². The minimum Gasteiger partial charge on any atom is -0.478 e. The summed E-state index contributed by atoms with van der Waals surface area (Å²) >= 11 is 3.34. The largest absolute Gasteiger partial charge is 0.478 e. The van der Waals surface area contributed by atoms with Crippen LogP contribution in [-0.2, 0) is 0 Å². The van der Waals surface area contributed by atoms with Gasteiger partial charge in [-0.25, -0.2) is 14.2 Å². The summed E-state index contributed by atoms with van der Waals surface area (Å²) in [6.45, 7) is 1.75. The predicted molar refractivity (Wildman–Crippen MR) is 80.4 cm³/mol. The molecule has 0 fully saturated rings. The third kappa shape index (κ3) is 2.21. The average molecular weight is 349 g/mol. The Morgan fingerprint density at radius 3 is 2.76 bits per heavy atom. The van der Waals surface area contributed by atoms with Crippen molar-refractivity contribution in [2.45, 2.75) is 6.92 Å². The normalized spacial score (nSPS) is 11.0. The van der Waals surface area contributed by atoms with E-state index in [2.05, 4.69) is 20.9 Å². The number of nitrogens with zero attached hydrogens (tertiary/aromatic N) is 2. The van der Waals surface area contributed by atoms with E-state index in [9.17, 15) is 9.18 Å². The van der Waals surface area contributed by atoms with Crippen molar-refractivity contribution >= 4 is 32.9 Å². The zero-order valence-electron chi connectivity index (χ0n) is 11.0. The highest BCUT2D eigenvalue weighted by Crippen LogP contribution is 2.29. The molecule has 2 aromatic carbocycles. The fourth-order valence-electron chi connectivity index (χ4n) is 2.32. The van der Waals surface area contributed by atoms with Gasteiger partial charge in [0, 0.05) is 4.47 Å². The van der Waals surface area contributed by atoms with E-state index in [1.54, 1.807) is 29.7 Å². The van der Waals surface area contributed by atoms with Crippen molar-refractivity contribution < 1.29 is 14.3 Å². The van der Waals surface area contributed by atoms with Crippen molar-refractivity contribution in [1.29, 1.82) is 0 Å². The molecular weight excluding hydrogens is 339 g/mol. The van der Waals surface area contributed by atoms with E-state index in [4.69, 9.17) is 5.11 Å². The van der Waals surface area contributed by atoms with Gasteiger partial charge in [-0.05, 0) is 53.2 Å². The van der Waals surface area contributed by atoms with Crippen molar-refractivity contribution in [2.24, 2.45) is 0 Å². The lowest BCUT2D eigenvalue weighted by Crippen LogP contribution is -2.01. The maximum atomic E-state index is 14.2. The second-order valence-corrected chi connectivity index (χ2v) is 5.43. The molecule has 6 heteroatoms. The molecule has 0 aliphatic rings. The van der Waals surface area contributed by atoms with Gasteiger partial charge >= 0.3 is 5.97 Å². The van der Waals surface area contributed by atoms with Crippen LogP contribution in [0.25, 0.3) is 16.7 Å². The van der Waals surface area contributed by atoms with E-state index in [-0.39, 0.29) is 11.4 Å². The minimum absolute atomic E-state index is 0.153. The first-order valence-corrected chi connectivity index (χ1v) is 6.95. The van der Waals surface area contributed by atoms with Gasteiger partial charge in [0.05, 0.1) is 22.3 Å². The topological polar surface area (TPSA) is 55.1 Å². The smallest absolute Gasteiger partial charge is 0.335 e. The number of benzene rings is 2. The number of halogens is 2. The van der Waals surface area contributed by atoms with Gasteiger partial charge in [-0.2, -0.15) is 0 Å². The second kappa shape index (κ2) is 4.96. The van der Waals surface area contributed by atoms with E-state index in [0.29, 0.717) is 27.0 Å². The Morgan fingerprint density at radius 2 is 2.10 bits per heavy atom. The zero-order valence-corrected chi connectivity index (χ0v) is 12.6. The van der Waals surface area contributed by atoms with Crippen LogP contribution in [0.3, 0.4) is 0 Å². The van der Waals surface area contributed by atoms with Crippen LogP contribution < -0.4 is 0 Å². The highest BCUT2D eigenvalue weighted by atomic mass is 79.9. The molecule has 0 amide bonds. The van der Waals surface area contributed by atoms with Crippen LogP contribution >= 0.6 is 15.9 Å². The molecule has 0 aliphatic heterocycles. The van der Waals surface area contributed by atoms with Gasteiger partial charge in [-0.15, -0.1) is 0 Å². The first-order chi connectivity index (χ1) is 9.99. The molecule has 0 aliphatic carbocycles. The highest BCUT2D eigenvalue weighted by Gasteiger charge is 2.16. The van der Waals surface area contributed by atoms with Gasteiger partial charge in [-0.3, -0.25) is 4.57 Å². The van der Waals surface area contributed by atoms with Gasteiger partial charge in [-0.1, -0.05) is 6.07 Å². The summed E-state index contributed by atoms with van der Waals surface area (Å²) in [6, 6.07) is 9.33. The van der Waals surface area contributed by atoms with Crippen molar-refractivity contribution in [3.05, 3.63) is 58.1 Å². The second-order valence-electron chi connectivity index (χ2n) is 4.57. The fourth-order valence-corrected chi connectivity index (χ4v) is 2.84. The summed E-state index contributed by atoms with van der Waals surface area (Å²) < 4.78 is 16.4. The summed E-state index contributed by atoms with van der Waals surface area (Å²) in [5.74, 6) is -0.816. The monoisotopic (exact) mass is 348 g/mol. The molecule has 1 N–H and O–H groups in total. The molecule has 0 saturated heterocycles. The number of hydrogen-bond donors (Lipinski definition) is 1. The number of rotatable bonds is 2. The van der Waals surface area contributed by atoms with E-state index >= 15 is 0 Å². The van der Waals surface area contributed by atoms with Gasteiger partial charge < -0.3 is 5.11 Å². The van der Waals surface area contributed by atoms with E-state index in [0.717, 1.165) is 0 Å². The molecule has 0 atom stereocenters. The SMILES string of the molecule is Cc1nc2cc(C(=O)O)ccc2n1-c1c(F)cccc1Br. The van der Waals surface area contributed by atoms with Crippen molar-refractivity contribution in [3.8, 4) is 5.69 Å². The van der Waals surface area contributed by atoms with Gasteiger partial charge in [0.15, 0.2) is 0 Å². The number of fused-ring (bicyclic) bond motifs is 1. The van der Waals surface area contributed by atoms with Crippen LogP contribution in [-0.4, -0.2) is 20.6 Å². The summed E-state index contributed by atoms with van der Waals surface area (Å²) in [6.07, 6.45) is 0. The molecule has 106 valence electrons. The van der Waals surface area contributed by atoms with Crippen LogP contribution in [0.2, 0.25) is 0 Å². The molecule has 1 aromatic heterocycles. The maximum Gasteiger partial charge on any atom is 0.335 e. The molecule has 0 spiro atoms. The Labute approximate surface area is 128 Å². The molecule has 0 saturated carbocycles. The van der Waals surface area contributed by atoms with E-state index in [1.807, 2.05) is 0 Å². The predicted octanol–water partition coefficient (Wildman–Crippen LogP) is 3.93. The van der Waals surface area contributed by atoms with Crippen LogP contribution in [0.4, 0.5) is 4.39 Å². The number of hydrogen-bond acceptors (Lipinski definition) is 2.